The van der Waals surface area contributed by atoms with E-state index in [1.165, 1.54) is 31.2 Å². The maximum Gasteiger partial charge on any atom is 0.133 e. The molecular formula is C17H26BrNO. The van der Waals surface area contributed by atoms with Gasteiger partial charge in [0.15, 0.2) is 0 Å². The first-order valence-corrected chi connectivity index (χ1v) is 8.20. The van der Waals surface area contributed by atoms with Gasteiger partial charge in [-0.2, -0.15) is 0 Å². The highest BCUT2D eigenvalue weighted by Gasteiger charge is 2.11. The zero-order valence-corrected chi connectivity index (χ0v) is 14.2. The predicted octanol–water partition coefficient (Wildman–Crippen LogP) is 5.24. The summed E-state index contributed by atoms with van der Waals surface area (Å²) in [6, 6.07) is 6.77. The molecule has 112 valence electrons. The summed E-state index contributed by atoms with van der Waals surface area (Å²) in [5, 5.41) is 3.57. The number of unbranched alkanes of at least 4 members (excludes halogenated alkanes) is 3. The zero-order chi connectivity index (χ0) is 14.8. The SMILES string of the molecule is C=CCCCCCC(NCC)c1ccc(OC)c(Br)c1. The van der Waals surface area contributed by atoms with Gasteiger partial charge in [0.05, 0.1) is 11.6 Å². The smallest absolute Gasteiger partial charge is 0.133 e. The van der Waals surface area contributed by atoms with Crippen molar-refractivity contribution in [2.45, 2.75) is 45.1 Å². The minimum Gasteiger partial charge on any atom is -0.496 e. The molecule has 1 aromatic carbocycles. The number of hydrogen-bond acceptors (Lipinski definition) is 2. The summed E-state index contributed by atoms with van der Waals surface area (Å²) in [4.78, 5) is 0. The summed E-state index contributed by atoms with van der Waals surface area (Å²) in [5.74, 6) is 0.884. The first kappa shape index (κ1) is 17.3. The molecule has 0 fully saturated rings. The summed E-state index contributed by atoms with van der Waals surface area (Å²) in [5.41, 5.74) is 1.32. The molecule has 0 heterocycles. The molecule has 1 unspecified atom stereocenters. The summed E-state index contributed by atoms with van der Waals surface area (Å²) in [7, 11) is 1.70. The van der Waals surface area contributed by atoms with Crippen molar-refractivity contribution in [1.82, 2.24) is 5.32 Å². The first-order chi connectivity index (χ1) is 9.72. The summed E-state index contributed by atoms with van der Waals surface area (Å²) in [6.45, 7) is 6.91. The van der Waals surface area contributed by atoms with E-state index < -0.39 is 0 Å². The number of benzene rings is 1. The van der Waals surface area contributed by atoms with Gasteiger partial charge in [0.2, 0.25) is 0 Å². The summed E-state index contributed by atoms with van der Waals surface area (Å²) in [6.07, 6.45) is 8.06. The zero-order valence-electron chi connectivity index (χ0n) is 12.6. The van der Waals surface area contributed by atoms with Gasteiger partial charge in [-0.1, -0.05) is 31.9 Å². The Kier molecular flexibility index (Phi) is 8.63. The third-order valence-corrected chi connectivity index (χ3v) is 4.05. The van der Waals surface area contributed by atoms with Crippen LogP contribution in [0, 0.1) is 0 Å². The Bertz CT molecular complexity index is 406. The fourth-order valence-corrected chi connectivity index (χ4v) is 2.90. The predicted molar refractivity (Wildman–Crippen MR) is 90.4 cm³/mol. The number of allylic oxidation sites excluding steroid dienone is 1. The van der Waals surface area contributed by atoms with Crippen molar-refractivity contribution < 1.29 is 4.74 Å². The van der Waals surface area contributed by atoms with E-state index in [0.717, 1.165) is 23.2 Å². The molecular weight excluding hydrogens is 314 g/mol. The summed E-state index contributed by atoms with van der Waals surface area (Å²) >= 11 is 3.57. The van der Waals surface area contributed by atoms with E-state index >= 15 is 0 Å². The summed E-state index contributed by atoms with van der Waals surface area (Å²) < 4.78 is 6.31. The van der Waals surface area contributed by atoms with E-state index in [4.69, 9.17) is 4.74 Å². The van der Waals surface area contributed by atoms with E-state index in [1.54, 1.807) is 7.11 Å². The molecule has 0 aromatic heterocycles. The van der Waals surface area contributed by atoms with E-state index in [2.05, 4.69) is 46.9 Å². The van der Waals surface area contributed by atoms with Gasteiger partial charge in [-0.25, -0.2) is 0 Å². The average Bonchev–Trinajstić information content (AvgIpc) is 2.46. The molecule has 0 radical (unpaired) electrons. The van der Waals surface area contributed by atoms with Crippen molar-refractivity contribution in [3.8, 4) is 5.75 Å². The lowest BCUT2D eigenvalue weighted by molar-refractivity contribution is 0.411. The minimum absolute atomic E-state index is 0.422. The van der Waals surface area contributed by atoms with Crippen LogP contribution in [0.4, 0.5) is 0 Å². The van der Waals surface area contributed by atoms with Crippen LogP contribution in [0.3, 0.4) is 0 Å². The number of ether oxygens (including phenoxy) is 1. The number of halogens is 1. The lowest BCUT2D eigenvalue weighted by Crippen LogP contribution is -2.20. The van der Waals surface area contributed by atoms with Gasteiger partial charge < -0.3 is 10.1 Å². The Labute approximate surface area is 131 Å². The first-order valence-electron chi connectivity index (χ1n) is 7.40. The highest BCUT2D eigenvalue weighted by atomic mass is 79.9. The van der Waals surface area contributed by atoms with Gasteiger partial charge in [0.1, 0.15) is 5.75 Å². The molecule has 2 nitrogen and oxygen atoms in total. The number of hydrogen-bond donors (Lipinski definition) is 1. The van der Waals surface area contributed by atoms with Gasteiger partial charge in [-0.15, -0.1) is 6.58 Å². The second-order valence-electron chi connectivity index (χ2n) is 4.93. The lowest BCUT2D eigenvalue weighted by Gasteiger charge is -2.19. The number of rotatable bonds is 10. The third kappa shape index (κ3) is 5.68. The fraction of sp³-hybridized carbons (Fsp3) is 0.529. The van der Waals surface area contributed by atoms with Crippen LogP contribution in [0.15, 0.2) is 35.3 Å². The highest BCUT2D eigenvalue weighted by Crippen LogP contribution is 2.29. The molecule has 0 saturated heterocycles. The van der Waals surface area contributed by atoms with Crippen LogP contribution in [0.2, 0.25) is 0 Å². The van der Waals surface area contributed by atoms with E-state index in [-0.39, 0.29) is 0 Å². The van der Waals surface area contributed by atoms with Gasteiger partial charge in [0, 0.05) is 6.04 Å². The van der Waals surface area contributed by atoms with Crippen molar-refractivity contribution >= 4 is 15.9 Å². The van der Waals surface area contributed by atoms with Gasteiger partial charge in [-0.05, 0) is 59.4 Å². The molecule has 20 heavy (non-hydrogen) atoms. The Morgan fingerprint density at radius 3 is 2.75 bits per heavy atom. The van der Waals surface area contributed by atoms with Crippen molar-refractivity contribution in [2.24, 2.45) is 0 Å². The molecule has 0 spiro atoms. The van der Waals surface area contributed by atoms with Crippen molar-refractivity contribution in [3.05, 3.63) is 40.9 Å². The molecule has 3 heteroatoms. The molecule has 1 rings (SSSR count). The van der Waals surface area contributed by atoms with Gasteiger partial charge >= 0.3 is 0 Å². The lowest BCUT2D eigenvalue weighted by atomic mass is 9.99. The standard InChI is InChI=1S/C17H26BrNO/c1-4-6-7-8-9-10-16(19-5-2)14-11-12-17(20-3)15(18)13-14/h4,11-13,16,19H,1,5-10H2,2-3H3. The Morgan fingerprint density at radius 1 is 1.35 bits per heavy atom. The van der Waals surface area contributed by atoms with Gasteiger partial charge in [0.25, 0.3) is 0 Å². The quantitative estimate of drug-likeness (QED) is 0.464. The van der Waals surface area contributed by atoms with Crippen LogP contribution in [0.5, 0.6) is 5.75 Å². The average molecular weight is 340 g/mol. The highest BCUT2D eigenvalue weighted by molar-refractivity contribution is 9.10. The van der Waals surface area contributed by atoms with Crippen LogP contribution in [0.1, 0.15) is 50.6 Å². The van der Waals surface area contributed by atoms with Crippen LogP contribution < -0.4 is 10.1 Å². The van der Waals surface area contributed by atoms with Crippen molar-refractivity contribution in [1.29, 1.82) is 0 Å². The monoisotopic (exact) mass is 339 g/mol. The number of methoxy groups -OCH3 is 1. The Morgan fingerprint density at radius 2 is 2.15 bits per heavy atom. The van der Waals surface area contributed by atoms with Crippen LogP contribution >= 0.6 is 15.9 Å². The number of nitrogens with one attached hydrogen (secondary N) is 1. The van der Waals surface area contributed by atoms with E-state index in [9.17, 15) is 0 Å². The Balaban J connectivity index is 2.60. The molecule has 0 bridgehead atoms. The van der Waals surface area contributed by atoms with Crippen molar-refractivity contribution in [2.75, 3.05) is 13.7 Å². The molecule has 1 atom stereocenters. The third-order valence-electron chi connectivity index (χ3n) is 3.43. The molecule has 0 aliphatic heterocycles. The molecule has 0 aliphatic carbocycles. The second-order valence-corrected chi connectivity index (χ2v) is 5.79. The molecule has 1 N–H and O–H groups in total. The topological polar surface area (TPSA) is 21.3 Å². The van der Waals surface area contributed by atoms with Crippen LogP contribution in [0.25, 0.3) is 0 Å². The normalized spacial score (nSPS) is 12.2. The second kappa shape index (κ2) is 10.0. The van der Waals surface area contributed by atoms with Crippen LogP contribution in [-0.4, -0.2) is 13.7 Å². The van der Waals surface area contributed by atoms with E-state index in [0.29, 0.717) is 6.04 Å². The fourth-order valence-electron chi connectivity index (χ4n) is 2.35. The molecule has 0 amide bonds. The van der Waals surface area contributed by atoms with Crippen molar-refractivity contribution in [3.63, 3.8) is 0 Å². The largest absolute Gasteiger partial charge is 0.496 e. The Hall–Kier alpha value is -0.800. The van der Waals surface area contributed by atoms with E-state index in [1.807, 2.05) is 12.1 Å². The minimum atomic E-state index is 0.422. The molecule has 0 aliphatic rings. The molecule has 1 aromatic rings. The molecule has 0 saturated carbocycles. The van der Waals surface area contributed by atoms with Gasteiger partial charge in [-0.3, -0.25) is 0 Å². The maximum atomic E-state index is 5.29. The van der Waals surface area contributed by atoms with Crippen LogP contribution in [-0.2, 0) is 0 Å². The maximum absolute atomic E-state index is 5.29.